The summed E-state index contributed by atoms with van der Waals surface area (Å²) >= 11 is 6.33. The molecule has 1 amide bonds. The summed E-state index contributed by atoms with van der Waals surface area (Å²) in [6.45, 7) is 1.88. The Morgan fingerprint density at radius 3 is 2.60 bits per heavy atom. The molecule has 4 aromatic rings. The number of carbonyl (C=O) groups is 1. The molecule has 0 aliphatic carbocycles. The molecule has 0 saturated heterocycles. The molecule has 4 rings (SSSR count). The summed E-state index contributed by atoms with van der Waals surface area (Å²) in [5.74, 6) is -0.281. The number of para-hydroxylation sites is 1. The summed E-state index contributed by atoms with van der Waals surface area (Å²) < 4.78 is 0. The van der Waals surface area contributed by atoms with Gasteiger partial charge in [0.15, 0.2) is 0 Å². The van der Waals surface area contributed by atoms with Crippen molar-refractivity contribution in [3.05, 3.63) is 69.2 Å². The van der Waals surface area contributed by atoms with Crippen molar-refractivity contribution in [3.8, 4) is 0 Å². The van der Waals surface area contributed by atoms with Gasteiger partial charge < -0.3 is 20.3 Å². The smallest absolute Gasteiger partial charge is 0.323 e. The molecular formula is C18H15ClN4O2. The number of carbonyl (C=O) groups excluding carboxylic acids is 1. The van der Waals surface area contributed by atoms with Gasteiger partial charge in [-0.05, 0) is 30.7 Å². The molecule has 2 aromatic carbocycles. The lowest BCUT2D eigenvalue weighted by Crippen LogP contribution is -2.27. The van der Waals surface area contributed by atoms with Crippen LogP contribution in [0.2, 0.25) is 5.02 Å². The number of halogens is 1. The molecule has 0 bridgehead atoms. The van der Waals surface area contributed by atoms with Gasteiger partial charge >= 0.3 is 5.69 Å². The molecule has 0 spiro atoms. The normalized spacial score (nSPS) is 12.6. The number of amides is 1. The molecule has 2 aromatic heterocycles. The average molecular weight is 355 g/mol. The first-order valence-corrected chi connectivity index (χ1v) is 8.20. The van der Waals surface area contributed by atoms with Gasteiger partial charge in [-0.2, -0.15) is 0 Å². The Labute approximate surface area is 147 Å². The predicted octanol–water partition coefficient (Wildman–Crippen LogP) is 3.48. The van der Waals surface area contributed by atoms with E-state index in [9.17, 15) is 9.59 Å². The highest BCUT2D eigenvalue weighted by Crippen LogP contribution is 2.27. The van der Waals surface area contributed by atoms with E-state index < -0.39 is 0 Å². The van der Waals surface area contributed by atoms with Gasteiger partial charge in [0.05, 0.1) is 22.1 Å². The summed E-state index contributed by atoms with van der Waals surface area (Å²) in [5, 5.41) is 4.15. The van der Waals surface area contributed by atoms with Crippen LogP contribution in [0.15, 0.2) is 47.3 Å². The highest BCUT2D eigenvalue weighted by molar-refractivity contribution is 6.38. The summed E-state index contributed by atoms with van der Waals surface area (Å²) in [6, 6.07) is 12.8. The van der Waals surface area contributed by atoms with E-state index >= 15 is 0 Å². The minimum Gasteiger partial charge on any atom is -0.349 e. The molecule has 2 heterocycles. The number of aromatic nitrogens is 3. The first-order chi connectivity index (χ1) is 12.0. The van der Waals surface area contributed by atoms with Crippen molar-refractivity contribution in [2.45, 2.75) is 13.0 Å². The zero-order valence-electron chi connectivity index (χ0n) is 13.3. The lowest BCUT2D eigenvalue weighted by Gasteiger charge is -2.14. The molecule has 25 heavy (non-hydrogen) atoms. The number of hydrogen-bond donors (Lipinski definition) is 4. The fourth-order valence-electron chi connectivity index (χ4n) is 2.94. The Balaban J connectivity index is 1.61. The van der Waals surface area contributed by atoms with E-state index in [0.29, 0.717) is 16.2 Å². The Morgan fingerprint density at radius 1 is 1.04 bits per heavy atom. The fraction of sp³-hybridized carbons (Fsp3) is 0.111. The molecule has 0 aliphatic rings. The highest BCUT2D eigenvalue weighted by atomic mass is 35.5. The van der Waals surface area contributed by atoms with E-state index in [1.807, 2.05) is 43.3 Å². The topological polar surface area (TPSA) is 93.5 Å². The predicted molar refractivity (Wildman–Crippen MR) is 98.1 cm³/mol. The molecule has 0 radical (unpaired) electrons. The van der Waals surface area contributed by atoms with Crippen molar-refractivity contribution in [1.29, 1.82) is 0 Å². The quantitative estimate of drug-likeness (QED) is 0.453. The van der Waals surface area contributed by atoms with Gasteiger partial charge in [0, 0.05) is 10.9 Å². The molecule has 7 heteroatoms. The van der Waals surface area contributed by atoms with Crippen molar-refractivity contribution in [2.24, 2.45) is 0 Å². The Kier molecular flexibility index (Phi) is 3.62. The fourth-order valence-corrected chi connectivity index (χ4v) is 3.23. The van der Waals surface area contributed by atoms with Crippen LogP contribution in [0, 0.1) is 0 Å². The van der Waals surface area contributed by atoms with E-state index in [4.69, 9.17) is 11.6 Å². The number of rotatable bonds is 3. The molecule has 0 unspecified atom stereocenters. The minimum absolute atomic E-state index is 0.252. The largest absolute Gasteiger partial charge is 0.349 e. The van der Waals surface area contributed by atoms with Crippen LogP contribution >= 0.6 is 11.6 Å². The van der Waals surface area contributed by atoms with Crippen LogP contribution in [0.5, 0.6) is 0 Å². The first-order valence-electron chi connectivity index (χ1n) is 7.82. The van der Waals surface area contributed by atoms with E-state index in [-0.39, 0.29) is 17.6 Å². The van der Waals surface area contributed by atoms with Crippen LogP contribution in [0.1, 0.15) is 29.0 Å². The summed E-state index contributed by atoms with van der Waals surface area (Å²) in [5.41, 5.74) is 3.21. The number of nitrogens with one attached hydrogen (secondary N) is 4. The third-order valence-corrected chi connectivity index (χ3v) is 4.65. The SMILES string of the molecule is C[C@@H](NC(=O)c1[nH]c2ccccc2c1Cl)c1ccc2[nH]c(=O)[nH]c2c1. The van der Waals surface area contributed by atoms with E-state index in [1.54, 1.807) is 6.07 Å². The first kappa shape index (κ1) is 15.5. The van der Waals surface area contributed by atoms with Crippen molar-refractivity contribution in [2.75, 3.05) is 0 Å². The van der Waals surface area contributed by atoms with Gasteiger partial charge in [0.25, 0.3) is 5.91 Å². The summed E-state index contributed by atoms with van der Waals surface area (Å²) in [4.78, 5) is 32.4. The van der Waals surface area contributed by atoms with Crippen molar-refractivity contribution in [3.63, 3.8) is 0 Å². The molecule has 4 N–H and O–H groups in total. The monoisotopic (exact) mass is 354 g/mol. The van der Waals surface area contributed by atoms with E-state index in [1.165, 1.54) is 0 Å². The van der Waals surface area contributed by atoms with Gasteiger partial charge in [-0.3, -0.25) is 4.79 Å². The molecule has 1 atom stereocenters. The molecule has 0 saturated carbocycles. The van der Waals surface area contributed by atoms with Crippen LogP contribution in [-0.4, -0.2) is 20.9 Å². The van der Waals surface area contributed by atoms with Crippen LogP contribution in [-0.2, 0) is 0 Å². The standard InChI is InChI=1S/C18H15ClN4O2/c1-9(10-6-7-13-14(8-10)23-18(25)22-13)20-17(24)16-15(19)11-4-2-3-5-12(11)21-16/h2-9,21H,1H3,(H,20,24)(H2,22,23,25)/t9-/m1/s1. The molecule has 6 nitrogen and oxygen atoms in total. The maximum absolute atomic E-state index is 12.6. The number of H-pyrrole nitrogens is 3. The zero-order valence-corrected chi connectivity index (χ0v) is 14.1. The summed E-state index contributed by atoms with van der Waals surface area (Å²) in [6.07, 6.45) is 0. The lowest BCUT2D eigenvalue weighted by atomic mass is 10.1. The second-order valence-corrected chi connectivity index (χ2v) is 6.32. The van der Waals surface area contributed by atoms with Gasteiger partial charge in [-0.25, -0.2) is 4.79 Å². The van der Waals surface area contributed by atoms with E-state index in [2.05, 4.69) is 20.3 Å². The van der Waals surface area contributed by atoms with Crippen LogP contribution < -0.4 is 11.0 Å². The van der Waals surface area contributed by atoms with Crippen LogP contribution in [0.4, 0.5) is 0 Å². The molecular weight excluding hydrogens is 340 g/mol. The average Bonchev–Trinajstić information content (AvgIpc) is 3.13. The number of hydrogen-bond acceptors (Lipinski definition) is 2. The Morgan fingerprint density at radius 2 is 1.80 bits per heavy atom. The Hall–Kier alpha value is -2.99. The summed E-state index contributed by atoms with van der Waals surface area (Å²) in [7, 11) is 0. The van der Waals surface area contributed by atoms with Crippen molar-refractivity contribution >= 4 is 39.4 Å². The van der Waals surface area contributed by atoms with Gasteiger partial charge in [0.2, 0.25) is 0 Å². The lowest BCUT2D eigenvalue weighted by molar-refractivity contribution is 0.0936. The second kappa shape index (κ2) is 5.82. The maximum Gasteiger partial charge on any atom is 0.323 e. The minimum atomic E-state index is -0.281. The zero-order chi connectivity index (χ0) is 17.6. The Bertz CT molecular complexity index is 1150. The van der Waals surface area contributed by atoms with Crippen molar-refractivity contribution < 1.29 is 4.79 Å². The van der Waals surface area contributed by atoms with E-state index in [0.717, 1.165) is 22.0 Å². The van der Waals surface area contributed by atoms with Gasteiger partial charge in [-0.15, -0.1) is 0 Å². The van der Waals surface area contributed by atoms with Crippen LogP contribution in [0.3, 0.4) is 0 Å². The van der Waals surface area contributed by atoms with Crippen LogP contribution in [0.25, 0.3) is 21.9 Å². The van der Waals surface area contributed by atoms with Crippen molar-refractivity contribution in [1.82, 2.24) is 20.3 Å². The van der Waals surface area contributed by atoms with Gasteiger partial charge in [0.1, 0.15) is 5.69 Å². The van der Waals surface area contributed by atoms with Gasteiger partial charge in [-0.1, -0.05) is 35.9 Å². The highest BCUT2D eigenvalue weighted by Gasteiger charge is 2.18. The molecule has 0 aliphatic heterocycles. The third-order valence-electron chi connectivity index (χ3n) is 4.26. The molecule has 0 fully saturated rings. The number of aromatic amines is 3. The number of benzene rings is 2. The number of imidazole rings is 1. The second-order valence-electron chi connectivity index (χ2n) is 5.94. The maximum atomic E-state index is 12.6. The third kappa shape index (κ3) is 2.70. The number of fused-ring (bicyclic) bond motifs is 2. The molecule has 126 valence electrons.